The highest BCUT2D eigenvalue weighted by atomic mass is 16.4. The molecule has 7 nitrogen and oxygen atoms in total. The zero-order valence-electron chi connectivity index (χ0n) is 12.9. The second-order valence-electron chi connectivity index (χ2n) is 6.14. The average Bonchev–Trinajstić information content (AvgIpc) is 2.22. The average molecular weight is 287 g/mol. The van der Waals surface area contributed by atoms with Crippen LogP contribution in [-0.2, 0) is 9.59 Å². The van der Waals surface area contributed by atoms with E-state index in [2.05, 4.69) is 16.0 Å². The van der Waals surface area contributed by atoms with Crippen molar-refractivity contribution in [2.75, 3.05) is 0 Å². The Balaban J connectivity index is 4.46. The number of hydrogen-bond acceptors (Lipinski definition) is 3. The Bertz CT molecular complexity index is 374. The summed E-state index contributed by atoms with van der Waals surface area (Å²) in [5, 5.41) is 16.4. The number of rotatable bonds is 5. The second kappa shape index (κ2) is 7.12. The van der Waals surface area contributed by atoms with E-state index in [-0.39, 0.29) is 11.8 Å². The van der Waals surface area contributed by atoms with Gasteiger partial charge in [-0.2, -0.15) is 0 Å². The third-order valence-corrected chi connectivity index (χ3v) is 2.46. The molecule has 0 aromatic carbocycles. The van der Waals surface area contributed by atoms with Crippen LogP contribution in [0.3, 0.4) is 0 Å². The number of carboxylic acids is 1. The van der Waals surface area contributed by atoms with Crippen LogP contribution in [0.5, 0.6) is 0 Å². The molecular formula is C13H25N3O4. The van der Waals surface area contributed by atoms with E-state index in [4.69, 9.17) is 5.11 Å². The third-order valence-electron chi connectivity index (χ3n) is 2.46. The summed E-state index contributed by atoms with van der Waals surface area (Å²) in [5.41, 5.74) is -0.398. The molecule has 0 aromatic rings. The van der Waals surface area contributed by atoms with E-state index in [1.165, 1.54) is 6.92 Å². The topological polar surface area (TPSA) is 108 Å². The minimum Gasteiger partial charge on any atom is -0.480 e. The van der Waals surface area contributed by atoms with E-state index in [0.29, 0.717) is 0 Å². The van der Waals surface area contributed by atoms with Gasteiger partial charge >= 0.3 is 12.0 Å². The molecule has 0 radical (unpaired) electrons. The van der Waals surface area contributed by atoms with E-state index < -0.39 is 29.6 Å². The second-order valence-corrected chi connectivity index (χ2v) is 6.14. The van der Waals surface area contributed by atoms with Crippen molar-refractivity contribution in [2.24, 2.45) is 5.92 Å². The van der Waals surface area contributed by atoms with Crippen LogP contribution in [0.25, 0.3) is 0 Å². The standard InChI is InChI=1S/C13H25N3O4/c1-7(2)9(11(18)19)15-12(20)14-8(3)10(17)16-13(4,5)6/h7-9H,1-6H3,(H,16,17)(H,18,19)(H2,14,15,20). The van der Waals surface area contributed by atoms with Gasteiger partial charge in [0.25, 0.3) is 0 Å². The first-order valence-electron chi connectivity index (χ1n) is 6.56. The molecule has 0 aliphatic carbocycles. The van der Waals surface area contributed by atoms with Gasteiger partial charge in [0.2, 0.25) is 5.91 Å². The third kappa shape index (κ3) is 6.96. The predicted molar refractivity (Wildman–Crippen MR) is 75.3 cm³/mol. The summed E-state index contributed by atoms with van der Waals surface area (Å²) in [6, 6.07) is -2.42. The van der Waals surface area contributed by atoms with Crippen molar-refractivity contribution in [3.63, 3.8) is 0 Å². The Labute approximate surface area is 119 Å². The van der Waals surface area contributed by atoms with Gasteiger partial charge in [-0.1, -0.05) is 13.8 Å². The van der Waals surface area contributed by atoms with Crippen molar-refractivity contribution in [3.8, 4) is 0 Å². The van der Waals surface area contributed by atoms with Crippen molar-refractivity contribution in [1.82, 2.24) is 16.0 Å². The summed E-state index contributed by atoms with van der Waals surface area (Å²) < 4.78 is 0. The van der Waals surface area contributed by atoms with Crippen LogP contribution in [0.4, 0.5) is 4.79 Å². The van der Waals surface area contributed by atoms with Crippen molar-refractivity contribution in [1.29, 1.82) is 0 Å². The lowest BCUT2D eigenvalue weighted by Crippen LogP contribution is -2.55. The first-order chi connectivity index (χ1) is 8.94. The molecule has 3 amide bonds. The maximum absolute atomic E-state index is 11.8. The van der Waals surface area contributed by atoms with Gasteiger partial charge in [-0.25, -0.2) is 9.59 Å². The van der Waals surface area contributed by atoms with Crippen molar-refractivity contribution < 1.29 is 19.5 Å². The Morgan fingerprint density at radius 2 is 1.50 bits per heavy atom. The van der Waals surface area contributed by atoms with Gasteiger partial charge in [-0.15, -0.1) is 0 Å². The lowest BCUT2D eigenvalue weighted by atomic mass is 10.1. The monoisotopic (exact) mass is 287 g/mol. The lowest BCUT2D eigenvalue weighted by Gasteiger charge is -2.24. The molecule has 4 N–H and O–H groups in total. The van der Waals surface area contributed by atoms with Crippen molar-refractivity contribution in [3.05, 3.63) is 0 Å². The number of aliphatic carboxylic acids is 1. The maximum atomic E-state index is 11.8. The van der Waals surface area contributed by atoms with Gasteiger partial charge in [0.05, 0.1) is 0 Å². The highest BCUT2D eigenvalue weighted by molar-refractivity contribution is 5.88. The van der Waals surface area contributed by atoms with E-state index in [1.54, 1.807) is 13.8 Å². The molecule has 0 saturated carbocycles. The number of urea groups is 1. The minimum absolute atomic E-state index is 0.253. The number of carbonyl (C=O) groups is 3. The highest BCUT2D eigenvalue weighted by Gasteiger charge is 2.25. The predicted octanol–water partition coefficient (Wildman–Crippen LogP) is 0.698. The largest absolute Gasteiger partial charge is 0.480 e. The van der Waals surface area contributed by atoms with Crippen molar-refractivity contribution >= 4 is 17.9 Å². The molecule has 2 atom stereocenters. The molecule has 2 unspecified atom stereocenters. The van der Waals surface area contributed by atoms with E-state index in [9.17, 15) is 14.4 Å². The lowest BCUT2D eigenvalue weighted by molar-refractivity contribution is -0.140. The van der Waals surface area contributed by atoms with Crippen LogP contribution in [-0.4, -0.2) is 40.6 Å². The van der Waals surface area contributed by atoms with E-state index in [0.717, 1.165) is 0 Å². The van der Waals surface area contributed by atoms with Gasteiger partial charge in [-0.3, -0.25) is 4.79 Å². The number of hydrogen-bond donors (Lipinski definition) is 4. The first kappa shape index (κ1) is 18.2. The quantitative estimate of drug-likeness (QED) is 0.597. The smallest absolute Gasteiger partial charge is 0.326 e. The number of amides is 3. The summed E-state index contributed by atoms with van der Waals surface area (Å²) in [6.07, 6.45) is 0. The van der Waals surface area contributed by atoms with Crippen LogP contribution in [0.15, 0.2) is 0 Å². The number of carboxylic acid groups (broad SMARTS) is 1. The fourth-order valence-corrected chi connectivity index (χ4v) is 1.44. The van der Waals surface area contributed by atoms with Crippen LogP contribution >= 0.6 is 0 Å². The fourth-order valence-electron chi connectivity index (χ4n) is 1.44. The van der Waals surface area contributed by atoms with Crippen LogP contribution in [0.1, 0.15) is 41.5 Å². The van der Waals surface area contributed by atoms with E-state index >= 15 is 0 Å². The Kier molecular flexibility index (Phi) is 6.48. The molecule has 0 spiro atoms. The molecular weight excluding hydrogens is 262 g/mol. The molecule has 20 heavy (non-hydrogen) atoms. The van der Waals surface area contributed by atoms with Gasteiger partial charge < -0.3 is 21.1 Å². The summed E-state index contributed by atoms with van der Waals surface area (Å²) in [6.45, 7) is 10.4. The summed E-state index contributed by atoms with van der Waals surface area (Å²) in [7, 11) is 0. The van der Waals surface area contributed by atoms with Crippen LogP contribution in [0.2, 0.25) is 0 Å². The molecule has 7 heteroatoms. The van der Waals surface area contributed by atoms with E-state index in [1.807, 2.05) is 20.8 Å². The molecule has 0 saturated heterocycles. The Morgan fingerprint density at radius 3 is 1.85 bits per heavy atom. The molecule has 0 rings (SSSR count). The number of nitrogens with one attached hydrogen (secondary N) is 3. The maximum Gasteiger partial charge on any atom is 0.326 e. The SMILES string of the molecule is CC(NC(=O)NC(C(=O)O)C(C)C)C(=O)NC(C)(C)C. The highest BCUT2D eigenvalue weighted by Crippen LogP contribution is 2.02. The molecule has 0 aliphatic heterocycles. The van der Waals surface area contributed by atoms with Gasteiger partial charge in [0.1, 0.15) is 12.1 Å². The van der Waals surface area contributed by atoms with Gasteiger partial charge in [0, 0.05) is 5.54 Å². The molecule has 0 bridgehead atoms. The minimum atomic E-state index is -1.11. The molecule has 0 heterocycles. The normalized spacial score (nSPS) is 14.3. The van der Waals surface area contributed by atoms with Gasteiger partial charge in [0.15, 0.2) is 0 Å². The molecule has 0 aliphatic rings. The Morgan fingerprint density at radius 1 is 1.00 bits per heavy atom. The first-order valence-corrected chi connectivity index (χ1v) is 6.56. The summed E-state index contributed by atoms with van der Waals surface area (Å²) in [5.74, 6) is -1.69. The van der Waals surface area contributed by atoms with Gasteiger partial charge in [-0.05, 0) is 33.6 Å². The Hall–Kier alpha value is -1.79. The van der Waals surface area contributed by atoms with Crippen LogP contribution < -0.4 is 16.0 Å². The molecule has 0 fully saturated rings. The zero-order chi connectivity index (χ0) is 16.1. The molecule has 116 valence electrons. The molecule has 0 aromatic heterocycles. The van der Waals surface area contributed by atoms with Crippen molar-refractivity contribution in [2.45, 2.75) is 59.2 Å². The summed E-state index contributed by atoms with van der Waals surface area (Å²) in [4.78, 5) is 34.4. The fraction of sp³-hybridized carbons (Fsp3) is 0.769. The summed E-state index contributed by atoms with van der Waals surface area (Å²) >= 11 is 0. The van der Waals surface area contributed by atoms with Crippen LogP contribution in [0, 0.1) is 5.92 Å². The zero-order valence-corrected chi connectivity index (χ0v) is 12.9. The number of carbonyl (C=O) groups excluding carboxylic acids is 2.